The minimum absolute atomic E-state index is 0.0887. The second kappa shape index (κ2) is 12.3. The van der Waals surface area contributed by atoms with Gasteiger partial charge in [0, 0.05) is 30.2 Å². The maximum Gasteiger partial charge on any atom is 0.246 e. The van der Waals surface area contributed by atoms with Crippen molar-refractivity contribution >= 4 is 34.0 Å². The first kappa shape index (κ1) is 27.3. The molecular formula is C27H28F3N7O3. The predicted molar refractivity (Wildman–Crippen MR) is 142 cm³/mol. The summed E-state index contributed by atoms with van der Waals surface area (Å²) in [4.78, 5) is 22.9. The number of rotatable bonds is 11. The van der Waals surface area contributed by atoms with Crippen LogP contribution in [0.4, 0.5) is 30.4 Å². The van der Waals surface area contributed by atoms with Crippen molar-refractivity contribution in [3.8, 4) is 5.75 Å². The van der Waals surface area contributed by atoms with E-state index in [2.05, 4.69) is 30.6 Å². The first-order valence-corrected chi connectivity index (χ1v) is 12.9. The monoisotopic (exact) mass is 555 g/mol. The summed E-state index contributed by atoms with van der Waals surface area (Å²) in [6.45, 7) is 1.93. The fraction of sp³-hybridized carbons (Fsp3) is 0.333. The van der Waals surface area contributed by atoms with E-state index < -0.39 is 23.4 Å². The van der Waals surface area contributed by atoms with Crippen molar-refractivity contribution in [1.29, 1.82) is 0 Å². The van der Waals surface area contributed by atoms with Crippen LogP contribution < -0.4 is 15.4 Å². The van der Waals surface area contributed by atoms with Gasteiger partial charge in [0.25, 0.3) is 0 Å². The molecule has 1 fully saturated rings. The number of amides is 1. The van der Waals surface area contributed by atoms with Gasteiger partial charge in [-0.2, -0.15) is 5.10 Å². The summed E-state index contributed by atoms with van der Waals surface area (Å²) in [6.07, 6.45) is 7.05. The Balaban J connectivity index is 1.20. The normalized spacial score (nSPS) is 15.4. The SMILES string of the molecule is O=C(Cn1cc(Nc2ncnc3cc(OCCCN4CCC[C@@H]4CO)c(F)cc23)cn1)Nc1cccc(F)c1F. The zero-order valence-electron chi connectivity index (χ0n) is 21.5. The number of hydrogen-bond donors (Lipinski definition) is 3. The molecule has 0 unspecified atom stereocenters. The summed E-state index contributed by atoms with van der Waals surface area (Å²) in [6, 6.07) is 6.50. The Kier molecular flexibility index (Phi) is 8.41. The molecule has 2 aromatic heterocycles. The molecule has 0 spiro atoms. The number of nitrogens with zero attached hydrogens (tertiary/aromatic N) is 5. The van der Waals surface area contributed by atoms with Crippen LogP contribution in [-0.4, -0.2) is 68.0 Å². The van der Waals surface area contributed by atoms with Gasteiger partial charge in [-0.3, -0.25) is 14.4 Å². The van der Waals surface area contributed by atoms with E-state index in [-0.39, 0.29) is 30.6 Å². The number of aromatic nitrogens is 4. The second-order valence-corrected chi connectivity index (χ2v) is 9.44. The molecule has 210 valence electrons. The van der Waals surface area contributed by atoms with E-state index in [9.17, 15) is 23.1 Å². The van der Waals surface area contributed by atoms with Crippen LogP contribution in [0.2, 0.25) is 0 Å². The van der Waals surface area contributed by atoms with E-state index >= 15 is 0 Å². The van der Waals surface area contributed by atoms with Crippen LogP contribution >= 0.6 is 0 Å². The van der Waals surface area contributed by atoms with E-state index in [4.69, 9.17) is 4.74 Å². The van der Waals surface area contributed by atoms with Crippen molar-refractivity contribution in [3.05, 3.63) is 66.5 Å². The molecule has 10 nitrogen and oxygen atoms in total. The van der Waals surface area contributed by atoms with Crippen molar-refractivity contribution in [2.24, 2.45) is 0 Å². The minimum atomic E-state index is -1.15. The highest BCUT2D eigenvalue weighted by Gasteiger charge is 2.23. The second-order valence-electron chi connectivity index (χ2n) is 9.44. The van der Waals surface area contributed by atoms with Gasteiger partial charge >= 0.3 is 0 Å². The Bertz CT molecular complexity index is 1500. The molecule has 0 aliphatic carbocycles. The van der Waals surface area contributed by atoms with Gasteiger partial charge in [0.1, 0.15) is 18.7 Å². The van der Waals surface area contributed by atoms with Gasteiger partial charge in [-0.25, -0.2) is 23.1 Å². The third-order valence-electron chi connectivity index (χ3n) is 6.67. The zero-order chi connectivity index (χ0) is 28.1. The number of ether oxygens (including phenoxy) is 1. The Morgan fingerprint density at radius 1 is 1.18 bits per heavy atom. The maximum atomic E-state index is 14.9. The van der Waals surface area contributed by atoms with Gasteiger partial charge in [-0.15, -0.1) is 0 Å². The fourth-order valence-electron chi connectivity index (χ4n) is 4.70. The number of likely N-dealkylation sites (tertiary alicyclic amines) is 1. The molecule has 0 bridgehead atoms. The van der Waals surface area contributed by atoms with E-state index in [1.165, 1.54) is 47.7 Å². The van der Waals surface area contributed by atoms with Crippen LogP contribution in [0.5, 0.6) is 5.75 Å². The molecule has 1 saturated heterocycles. The van der Waals surface area contributed by atoms with Crippen LogP contribution in [0, 0.1) is 17.5 Å². The van der Waals surface area contributed by atoms with Crippen LogP contribution in [0.15, 0.2) is 49.1 Å². The van der Waals surface area contributed by atoms with Crippen LogP contribution in [0.3, 0.4) is 0 Å². The molecule has 13 heteroatoms. The Morgan fingerprint density at radius 3 is 2.90 bits per heavy atom. The smallest absolute Gasteiger partial charge is 0.246 e. The number of carbonyl (C=O) groups excluding carboxylic acids is 1. The molecule has 3 N–H and O–H groups in total. The van der Waals surface area contributed by atoms with Gasteiger partial charge in [-0.1, -0.05) is 6.07 Å². The molecule has 0 radical (unpaired) electrons. The molecule has 3 heterocycles. The molecular weight excluding hydrogens is 527 g/mol. The number of aliphatic hydroxyl groups excluding tert-OH is 1. The first-order chi connectivity index (χ1) is 19.4. The average molecular weight is 556 g/mol. The highest BCUT2D eigenvalue weighted by molar-refractivity contribution is 5.92. The minimum Gasteiger partial charge on any atom is -0.490 e. The van der Waals surface area contributed by atoms with Gasteiger partial charge < -0.3 is 20.5 Å². The first-order valence-electron chi connectivity index (χ1n) is 12.9. The number of fused-ring (bicyclic) bond motifs is 1. The maximum absolute atomic E-state index is 14.9. The standard InChI is InChI=1S/C27H28F3N7O3/c28-20-5-1-6-22(26(20)30)35-25(39)14-37-13-17(12-33-37)34-27-19-10-21(29)24(11-23(19)31-16-32-27)40-9-3-8-36-7-2-4-18(36)15-38/h1,5-6,10-13,16,18,38H,2-4,7-9,14-15H2,(H,35,39)(H,31,32,34)/t18-/m1/s1. The number of anilines is 3. The third-order valence-corrected chi connectivity index (χ3v) is 6.67. The quantitative estimate of drug-likeness (QED) is 0.239. The summed E-state index contributed by atoms with van der Waals surface area (Å²) >= 11 is 0. The van der Waals surface area contributed by atoms with Gasteiger partial charge in [0.15, 0.2) is 23.2 Å². The number of carbonyl (C=O) groups is 1. The lowest BCUT2D eigenvalue weighted by Crippen LogP contribution is -2.33. The van der Waals surface area contributed by atoms with Crippen LogP contribution in [-0.2, 0) is 11.3 Å². The molecule has 5 rings (SSSR count). The topological polar surface area (TPSA) is 117 Å². The lowest BCUT2D eigenvalue weighted by molar-refractivity contribution is -0.116. The number of aliphatic hydroxyl groups is 1. The molecule has 2 aromatic carbocycles. The number of benzene rings is 2. The average Bonchev–Trinajstić information content (AvgIpc) is 3.58. The Labute approximate surface area is 227 Å². The van der Waals surface area contributed by atoms with E-state index in [1.54, 1.807) is 0 Å². The lowest BCUT2D eigenvalue weighted by Gasteiger charge is -2.22. The molecule has 0 saturated carbocycles. The molecule has 1 atom stereocenters. The highest BCUT2D eigenvalue weighted by Crippen LogP contribution is 2.29. The summed E-state index contributed by atoms with van der Waals surface area (Å²) in [5.74, 6) is -2.96. The van der Waals surface area contributed by atoms with Gasteiger partial charge in [0.05, 0.1) is 36.3 Å². The van der Waals surface area contributed by atoms with E-state index in [0.717, 1.165) is 32.0 Å². The van der Waals surface area contributed by atoms with Crippen molar-refractivity contribution in [1.82, 2.24) is 24.6 Å². The molecule has 1 aliphatic rings. The van der Waals surface area contributed by atoms with Crippen LogP contribution in [0.25, 0.3) is 10.9 Å². The van der Waals surface area contributed by atoms with Gasteiger partial charge in [-0.05, 0) is 44.0 Å². The lowest BCUT2D eigenvalue weighted by atomic mass is 10.2. The van der Waals surface area contributed by atoms with Crippen molar-refractivity contribution in [3.63, 3.8) is 0 Å². The highest BCUT2D eigenvalue weighted by atomic mass is 19.2. The largest absolute Gasteiger partial charge is 0.490 e. The molecule has 1 amide bonds. The zero-order valence-corrected chi connectivity index (χ0v) is 21.5. The van der Waals surface area contributed by atoms with Crippen LogP contribution in [0.1, 0.15) is 19.3 Å². The molecule has 4 aromatic rings. The molecule has 1 aliphatic heterocycles. The Morgan fingerprint density at radius 2 is 2.05 bits per heavy atom. The van der Waals surface area contributed by atoms with Crippen molar-refractivity contribution < 1.29 is 27.8 Å². The predicted octanol–water partition coefficient (Wildman–Crippen LogP) is 3.85. The van der Waals surface area contributed by atoms with Gasteiger partial charge in [0.2, 0.25) is 5.91 Å². The third kappa shape index (κ3) is 6.32. The number of nitrogens with one attached hydrogen (secondary N) is 2. The van der Waals surface area contributed by atoms with E-state index in [1.807, 2.05) is 0 Å². The van der Waals surface area contributed by atoms with Crippen molar-refractivity contribution in [2.75, 3.05) is 36.9 Å². The van der Waals surface area contributed by atoms with Crippen molar-refractivity contribution in [2.45, 2.75) is 31.8 Å². The molecule has 40 heavy (non-hydrogen) atoms. The fourth-order valence-corrected chi connectivity index (χ4v) is 4.70. The number of halogens is 3. The summed E-state index contributed by atoms with van der Waals surface area (Å²) in [7, 11) is 0. The summed E-state index contributed by atoms with van der Waals surface area (Å²) in [5, 5.41) is 19.3. The Hall–Kier alpha value is -4.23. The van der Waals surface area contributed by atoms with E-state index in [0.29, 0.717) is 35.4 Å². The summed E-state index contributed by atoms with van der Waals surface area (Å²) < 4.78 is 49.1. The number of hydrogen-bond acceptors (Lipinski definition) is 8. The summed E-state index contributed by atoms with van der Waals surface area (Å²) in [5.41, 5.74) is 0.668.